The summed E-state index contributed by atoms with van der Waals surface area (Å²) in [6.07, 6.45) is 6.20. The molecule has 2 N–H and O–H groups in total. The zero-order valence-corrected chi connectivity index (χ0v) is 12.5. The van der Waals surface area contributed by atoms with Gasteiger partial charge in [0.25, 0.3) is 0 Å². The van der Waals surface area contributed by atoms with E-state index in [1.54, 1.807) is 0 Å². The predicted molar refractivity (Wildman–Crippen MR) is 82.7 cm³/mol. The molecule has 0 aromatic heterocycles. The average molecular weight is 276 g/mol. The Morgan fingerprint density at radius 2 is 1.95 bits per heavy atom. The van der Waals surface area contributed by atoms with Crippen LogP contribution in [0.3, 0.4) is 0 Å². The second kappa shape index (κ2) is 5.86. The van der Waals surface area contributed by atoms with Crippen molar-refractivity contribution in [3.63, 3.8) is 0 Å². The van der Waals surface area contributed by atoms with E-state index in [0.717, 1.165) is 11.3 Å². The van der Waals surface area contributed by atoms with Gasteiger partial charge in [0, 0.05) is 28.8 Å². The summed E-state index contributed by atoms with van der Waals surface area (Å²) in [5.74, 6) is 0. The highest BCUT2D eigenvalue weighted by molar-refractivity contribution is 8.00. The molecule has 2 nitrogen and oxygen atoms in total. The van der Waals surface area contributed by atoms with E-state index in [9.17, 15) is 0 Å². The maximum atomic E-state index is 6.00. The molecule has 0 spiro atoms. The van der Waals surface area contributed by atoms with Crippen molar-refractivity contribution in [2.24, 2.45) is 5.73 Å². The van der Waals surface area contributed by atoms with Crippen molar-refractivity contribution in [2.75, 3.05) is 13.6 Å². The Labute approximate surface area is 120 Å². The summed E-state index contributed by atoms with van der Waals surface area (Å²) >= 11 is 2.06. The molecule has 3 heteroatoms. The van der Waals surface area contributed by atoms with Gasteiger partial charge in [0.1, 0.15) is 0 Å². The second-order valence-electron chi connectivity index (χ2n) is 6.06. The molecule has 104 valence electrons. The monoisotopic (exact) mass is 276 g/mol. The van der Waals surface area contributed by atoms with E-state index >= 15 is 0 Å². The number of hydrogen-bond donors (Lipinski definition) is 1. The molecule has 0 radical (unpaired) electrons. The van der Waals surface area contributed by atoms with Gasteiger partial charge >= 0.3 is 0 Å². The van der Waals surface area contributed by atoms with Crippen LogP contribution in [0.2, 0.25) is 0 Å². The van der Waals surface area contributed by atoms with Gasteiger partial charge in [0.05, 0.1) is 0 Å². The summed E-state index contributed by atoms with van der Waals surface area (Å²) < 4.78 is 0. The lowest BCUT2D eigenvalue weighted by Crippen LogP contribution is -2.41. The number of hydrogen-bond acceptors (Lipinski definition) is 3. The van der Waals surface area contributed by atoms with Crippen molar-refractivity contribution in [1.29, 1.82) is 0 Å². The van der Waals surface area contributed by atoms with Gasteiger partial charge in [-0.1, -0.05) is 18.2 Å². The van der Waals surface area contributed by atoms with Crippen LogP contribution in [0, 0.1) is 0 Å². The lowest BCUT2D eigenvalue weighted by Gasteiger charge is -2.34. The molecule has 19 heavy (non-hydrogen) atoms. The minimum atomic E-state index is 0.453. The summed E-state index contributed by atoms with van der Waals surface area (Å²) in [5.41, 5.74) is 7.53. The molecule has 1 heterocycles. The molecule has 0 amide bonds. The Hall–Kier alpha value is -0.510. The van der Waals surface area contributed by atoms with Crippen molar-refractivity contribution < 1.29 is 0 Å². The Balaban J connectivity index is 1.53. The first-order chi connectivity index (χ1) is 9.22. The smallest absolute Gasteiger partial charge is 0.0263 e. The molecule has 1 unspecified atom stereocenters. The average Bonchev–Trinajstić information content (AvgIpc) is 2.81. The normalized spacial score (nSPS) is 30.6. The molecule has 2 aliphatic rings. The molecule has 3 rings (SSSR count). The highest BCUT2D eigenvalue weighted by atomic mass is 32.2. The fourth-order valence-electron chi connectivity index (χ4n) is 3.37. The highest BCUT2D eigenvalue weighted by Gasteiger charge is 2.27. The third-order valence-electron chi connectivity index (χ3n) is 4.57. The van der Waals surface area contributed by atoms with E-state index in [2.05, 4.69) is 48.0 Å². The third kappa shape index (κ3) is 3.15. The van der Waals surface area contributed by atoms with Crippen molar-refractivity contribution >= 4 is 11.8 Å². The van der Waals surface area contributed by atoms with Crippen LogP contribution in [0.4, 0.5) is 0 Å². The Kier molecular flexibility index (Phi) is 4.15. The van der Waals surface area contributed by atoms with Gasteiger partial charge in [0.15, 0.2) is 0 Å². The van der Waals surface area contributed by atoms with Crippen molar-refractivity contribution in [3.05, 3.63) is 29.8 Å². The Bertz CT molecular complexity index is 402. The minimum Gasteiger partial charge on any atom is -0.328 e. The lowest BCUT2D eigenvalue weighted by atomic mass is 9.91. The van der Waals surface area contributed by atoms with Gasteiger partial charge in [0.2, 0.25) is 0 Å². The van der Waals surface area contributed by atoms with Gasteiger partial charge < -0.3 is 10.6 Å². The van der Waals surface area contributed by atoms with Crippen LogP contribution in [0.5, 0.6) is 0 Å². The topological polar surface area (TPSA) is 29.3 Å². The summed E-state index contributed by atoms with van der Waals surface area (Å²) in [5, 5.41) is 0.734. The van der Waals surface area contributed by atoms with E-state index in [-0.39, 0.29) is 0 Å². The Morgan fingerprint density at radius 1 is 1.21 bits per heavy atom. The number of nitrogens with two attached hydrogens (primary N) is 1. The van der Waals surface area contributed by atoms with E-state index < -0.39 is 0 Å². The largest absolute Gasteiger partial charge is 0.328 e. The van der Waals surface area contributed by atoms with E-state index in [1.165, 1.54) is 49.1 Å². The summed E-state index contributed by atoms with van der Waals surface area (Å²) in [7, 11) is 2.30. The number of rotatable bonds is 3. The molecule has 1 saturated carbocycles. The number of thioether (sulfide) groups is 1. The van der Waals surface area contributed by atoms with Crippen LogP contribution in [0.1, 0.15) is 31.2 Å². The van der Waals surface area contributed by atoms with Crippen LogP contribution in [-0.2, 0) is 6.42 Å². The summed E-state index contributed by atoms with van der Waals surface area (Å²) in [4.78, 5) is 4.07. The van der Waals surface area contributed by atoms with Gasteiger partial charge in [-0.25, -0.2) is 0 Å². The first-order valence-corrected chi connectivity index (χ1v) is 8.30. The Morgan fingerprint density at radius 3 is 2.68 bits per heavy atom. The van der Waals surface area contributed by atoms with Crippen LogP contribution in [0.15, 0.2) is 29.2 Å². The maximum Gasteiger partial charge on any atom is 0.0263 e. The molecule has 1 aliphatic heterocycles. The SMILES string of the molecule is CN(CC1Cc2ccccc2S1)C1CCC(N)CC1. The fourth-order valence-corrected chi connectivity index (χ4v) is 4.76. The van der Waals surface area contributed by atoms with Gasteiger partial charge in [-0.3, -0.25) is 0 Å². The molecule has 1 fully saturated rings. The maximum absolute atomic E-state index is 6.00. The van der Waals surface area contributed by atoms with Crippen molar-refractivity contribution in [1.82, 2.24) is 4.90 Å². The zero-order chi connectivity index (χ0) is 13.2. The third-order valence-corrected chi connectivity index (χ3v) is 5.87. The molecule has 0 bridgehead atoms. The lowest BCUT2D eigenvalue weighted by molar-refractivity contribution is 0.184. The quantitative estimate of drug-likeness (QED) is 0.920. The number of nitrogens with zero attached hydrogens (tertiary/aromatic N) is 1. The molecule has 0 saturated heterocycles. The minimum absolute atomic E-state index is 0.453. The van der Waals surface area contributed by atoms with Crippen molar-refractivity contribution in [3.8, 4) is 0 Å². The van der Waals surface area contributed by atoms with Crippen LogP contribution >= 0.6 is 11.8 Å². The first-order valence-electron chi connectivity index (χ1n) is 7.43. The summed E-state index contributed by atoms with van der Waals surface area (Å²) in [6, 6.07) is 10.1. The molecular formula is C16H24N2S. The van der Waals surface area contributed by atoms with Crippen LogP contribution in [0.25, 0.3) is 0 Å². The van der Waals surface area contributed by atoms with Gasteiger partial charge in [-0.2, -0.15) is 0 Å². The zero-order valence-electron chi connectivity index (χ0n) is 11.7. The van der Waals surface area contributed by atoms with Crippen LogP contribution < -0.4 is 5.73 Å². The van der Waals surface area contributed by atoms with Crippen LogP contribution in [-0.4, -0.2) is 35.8 Å². The highest BCUT2D eigenvalue weighted by Crippen LogP contribution is 2.37. The summed E-state index contributed by atoms with van der Waals surface area (Å²) in [6.45, 7) is 1.21. The van der Waals surface area contributed by atoms with E-state index in [0.29, 0.717) is 6.04 Å². The molecule has 1 aromatic rings. The molecular weight excluding hydrogens is 252 g/mol. The molecule has 1 atom stereocenters. The molecule has 1 aliphatic carbocycles. The fraction of sp³-hybridized carbons (Fsp3) is 0.625. The van der Waals surface area contributed by atoms with E-state index in [1.807, 2.05) is 0 Å². The standard InChI is InChI=1S/C16H24N2S/c1-18(14-8-6-13(17)7-9-14)11-15-10-12-4-2-3-5-16(12)19-15/h2-5,13-15H,6-11,17H2,1H3. The second-order valence-corrected chi connectivity index (χ2v) is 7.40. The molecule has 1 aromatic carbocycles. The number of benzene rings is 1. The van der Waals surface area contributed by atoms with Gasteiger partial charge in [-0.15, -0.1) is 11.8 Å². The first kappa shape index (κ1) is 13.5. The van der Waals surface area contributed by atoms with Crippen molar-refractivity contribution in [2.45, 2.75) is 54.3 Å². The van der Waals surface area contributed by atoms with E-state index in [4.69, 9.17) is 5.73 Å². The van der Waals surface area contributed by atoms with Gasteiger partial charge in [-0.05, 0) is 50.8 Å². The number of fused-ring (bicyclic) bond motifs is 1. The predicted octanol–water partition coefficient (Wildman–Crippen LogP) is 2.91.